The van der Waals surface area contributed by atoms with Crippen molar-refractivity contribution in [1.29, 1.82) is 0 Å². The van der Waals surface area contributed by atoms with E-state index in [2.05, 4.69) is 31.5 Å². The van der Waals surface area contributed by atoms with Crippen molar-refractivity contribution < 1.29 is 4.74 Å². The molecule has 2 nitrogen and oxygen atoms in total. The molecule has 0 aliphatic carbocycles. The van der Waals surface area contributed by atoms with E-state index >= 15 is 0 Å². The summed E-state index contributed by atoms with van der Waals surface area (Å²) < 4.78 is 5.73. The smallest absolute Gasteiger partial charge is 0.140 e. The summed E-state index contributed by atoms with van der Waals surface area (Å²) in [4.78, 5) is 5.83. The zero-order valence-electron chi connectivity index (χ0n) is 10.6. The van der Waals surface area contributed by atoms with Gasteiger partial charge in [0.2, 0.25) is 0 Å². The molecule has 0 saturated carbocycles. The van der Waals surface area contributed by atoms with E-state index in [1.807, 2.05) is 24.3 Å². The highest BCUT2D eigenvalue weighted by molar-refractivity contribution is 7.79. The van der Waals surface area contributed by atoms with Crippen molar-refractivity contribution in [2.75, 3.05) is 0 Å². The van der Waals surface area contributed by atoms with Crippen LogP contribution in [-0.2, 0) is 18.8 Å². The Labute approximate surface area is 117 Å². The Bertz CT molecular complexity index is 484. The van der Waals surface area contributed by atoms with Gasteiger partial charge in [0.05, 0.1) is 5.69 Å². The van der Waals surface area contributed by atoms with Gasteiger partial charge >= 0.3 is 0 Å². The quantitative estimate of drug-likeness (QED) is 0.835. The minimum absolute atomic E-state index is 0.536. The molecule has 0 amide bonds. The third-order valence-electron chi connectivity index (χ3n) is 2.68. The molecule has 2 rings (SSSR count). The fraction of sp³-hybridized carbons (Fsp3) is 0.357. The molecule has 18 heavy (non-hydrogen) atoms. The molecule has 1 heterocycles. The molecule has 0 aliphatic heterocycles. The predicted molar refractivity (Wildman–Crippen MR) is 79.7 cm³/mol. The highest BCUT2D eigenvalue weighted by Crippen LogP contribution is 2.22. The summed E-state index contributed by atoms with van der Waals surface area (Å²) in [6, 6.07) is 8.08. The van der Waals surface area contributed by atoms with Gasteiger partial charge in [-0.3, -0.25) is 0 Å². The summed E-state index contributed by atoms with van der Waals surface area (Å²) in [5.41, 5.74) is 2.39. The molecule has 4 heteroatoms. The van der Waals surface area contributed by atoms with E-state index in [0.717, 1.165) is 28.6 Å². The van der Waals surface area contributed by atoms with E-state index in [1.54, 1.807) is 11.3 Å². The Morgan fingerprint density at radius 3 is 2.56 bits per heavy atom. The van der Waals surface area contributed by atoms with Gasteiger partial charge in [0.1, 0.15) is 17.4 Å². The van der Waals surface area contributed by atoms with Gasteiger partial charge < -0.3 is 4.74 Å². The molecule has 96 valence electrons. The van der Waals surface area contributed by atoms with E-state index in [0.29, 0.717) is 6.61 Å². The summed E-state index contributed by atoms with van der Waals surface area (Å²) in [6.45, 7) is 4.72. The van der Waals surface area contributed by atoms with Crippen LogP contribution in [0.1, 0.15) is 28.1 Å². The second-order valence-corrected chi connectivity index (χ2v) is 5.58. The van der Waals surface area contributed by atoms with Crippen LogP contribution in [0.5, 0.6) is 5.75 Å². The van der Waals surface area contributed by atoms with Crippen LogP contribution in [0, 0.1) is 6.92 Å². The Morgan fingerprint density at radius 2 is 2.00 bits per heavy atom. The lowest BCUT2D eigenvalue weighted by atomic mass is 10.2. The fourth-order valence-electron chi connectivity index (χ4n) is 1.68. The molecule has 2 aromatic rings. The lowest BCUT2D eigenvalue weighted by molar-refractivity contribution is 0.305. The summed E-state index contributed by atoms with van der Waals surface area (Å²) >= 11 is 6.02. The molecule has 0 fully saturated rings. The van der Waals surface area contributed by atoms with Crippen LogP contribution in [0.2, 0.25) is 0 Å². The Hall–Kier alpha value is -1.00. The summed E-state index contributed by atoms with van der Waals surface area (Å²) in [5, 5.41) is 1.02. The van der Waals surface area contributed by atoms with Gasteiger partial charge in [-0.15, -0.1) is 11.3 Å². The second kappa shape index (κ2) is 6.25. The molecule has 0 unspecified atom stereocenters. The minimum Gasteiger partial charge on any atom is -0.486 e. The molecular weight excluding hydrogens is 262 g/mol. The van der Waals surface area contributed by atoms with Gasteiger partial charge in [-0.2, -0.15) is 12.6 Å². The number of rotatable bonds is 5. The number of benzene rings is 1. The molecule has 0 spiro atoms. The number of aromatic nitrogens is 1. The van der Waals surface area contributed by atoms with Crippen LogP contribution in [0.15, 0.2) is 24.3 Å². The molecule has 0 N–H and O–H groups in total. The van der Waals surface area contributed by atoms with Gasteiger partial charge in [0.25, 0.3) is 0 Å². The van der Waals surface area contributed by atoms with Crippen molar-refractivity contribution in [3.63, 3.8) is 0 Å². The molecule has 1 aromatic heterocycles. The first-order valence-corrected chi connectivity index (χ1v) is 7.45. The number of nitrogens with zero attached hydrogens (tertiary/aromatic N) is 1. The fourth-order valence-corrected chi connectivity index (χ4v) is 2.98. The maximum absolute atomic E-state index is 5.73. The van der Waals surface area contributed by atoms with Crippen molar-refractivity contribution in [3.8, 4) is 5.75 Å². The zero-order valence-corrected chi connectivity index (χ0v) is 12.4. The summed E-state index contributed by atoms with van der Waals surface area (Å²) in [5.74, 6) is 1.65. The van der Waals surface area contributed by atoms with Crippen LogP contribution in [-0.4, -0.2) is 4.98 Å². The lowest BCUT2D eigenvalue weighted by Crippen LogP contribution is -1.95. The number of aryl methyl sites for hydroxylation is 2. The first kappa shape index (κ1) is 13.4. The normalized spacial score (nSPS) is 10.6. The van der Waals surface area contributed by atoms with Gasteiger partial charge in [-0.1, -0.05) is 24.6 Å². The van der Waals surface area contributed by atoms with Crippen LogP contribution in [0.3, 0.4) is 0 Å². The van der Waals surface area contributed by atoms with Gasteiger partial charge in [-0.25, -0.2) is 4.98 Å². The molecule has 0 bridgehead atoms. The monoisotopic (exact) mass is 279 g/mol. The first-order valence-electron chi connectivity index (χ1n) is 6.00. The molecule has 0 saturated heterocycles. The van der Waals surface area contributed by atoms with Crippen molar-refractivity contribution in [2.24, 2.45) is 0 Å². The number of hydrogen-bond acceptors (Lipinski definition) is 4. The number of thiazole rings is 1. The van der Waals surface area contributed by atoms with Crippen LogP contribution in [0.25, 0.3) is 0 Å². The van der Waals surface area contributed by atoms with Crippen molar-refractivity contribution >= 4 is 24.0 Å². The molecule has 0 atom stereocenters. The Balaban J connectivity index is 2.01. The van der Waals surface area contributed by atoms with E-state index in [-0.39, 0.29) is 0 Å². The highest BCUT2D eigenvalue weighted by atomic mass is 32.1. The maximum Gasteiger partial charge on any atom is 0.140 e. The Kier molecular flexibility index (Phi) is 4.66. The van der Waals surface area contributed by atoms with Crippen LogP contribution < -0.4 is 4.74 Å². The predicted octanol–water partition coefficient (Wildman–Crippen LogP) is 4.02. The van der Waals surface area contributed by atoms with Crippen molar-refractivity contribution in [2.45, 2.75) is 32.6 Å². The average Bonchev–Trinajstić information content (AvgIpc) is 2.80. The summed E-state index contributed by atoms with van der Waals surface area (Å²) in [7, 11) is 0. The third kappa shape index (κ3) is 3.27. The van der Waals surface area contributed by atoms with E-state index < -0.39 is 0 Å². The largest absolute Gasteiger partial charge is 0.486 e. The second-order valence-electron chi connectivity index (χ2n) is 4.09. The third-order valence-corrected chi connectivity index (χ3v) is 4.29. The van der Waals surface area contributed by atoms with Crippen LogP contribution >= 0.6 is 24.0 Å². The first-order chi connectivity index (χ1) is 8.72. The van der Waals surface area contributed by atoms with Gasteiger partial charge in [0, 0.05) is 10.6 Å². The standard InChI is InChI=1S/C14H17NOS2/c1-3-12-13(9-17)18-14(15-12)8-16-11-6-4-10(2)5-7-11/h4-7,17H,3,8-9H2,1-2H3. The summed E-state index contributed by atoms with van der Waals surface area (Å²) in [6.07, 6.45) is 0.955. The molecule has 0 aliphatic rings. The van der Waals surface area contributed by atoms with Gasteiger partial charge in [0.15, 0.2) is 0 Å². The minimum atomic E-state index is 0.536. The number of hydrogen-bond donors (Lipinski definition) is 1. The molecule has 1 aromatic carbocycles. The maximum atomic E-state index is 5.73. The average molecular weight is 279 g/mol. The lowest BCUT2D eigenvalue weighted by Gasteiger charge is -2.03. The highest BCUT2D eigenvalue weighted by Gasteiger charge is 2.08. The van der Waals surface area contributed by atoms with Crippen LogP contribution in [0.4, 0.5) is 0 Å². The van der Waals surface area contributed by atoms with E-state index in [9.17, 15) is 0 Å². The topological polar surface area (TPSA) is 22.1 Å². The van der Waals surface area contributed by atoms with E-state index in [4.69, 9.17) is 4.74 Å². The molecule has 0 radical (unpaired) electrons. The number of thiol groups is 1. The van der Waals surface area contributed by atoms with Crippen molar-refractivity contribution in [1.82, 2.24) is 4.98 Å². The number of ether oxygens (including phenoxy) is 1. The van der Waals surface area contributed by atoms with Gasteiger partial charge in [-0.05, 0) is 25.5 Å². The zero-order chi connectivity index (χ0) is 13.0. The van der Waals surface area contributed by atoms with Crippen molar-refractivity contribution in [3.05, 3.63) is 45.4 Å². The Morgan fingerprint density at radius 1 is 1.28 bits per heavy atom. The van der Waals surface area contributed by atoms with E-state index in [1.165, 1.54) is 10.4 Å². The SMILES string of the molecule is CCc1nc(COc2ccc(C)cc2)sc1CS. The molecular formula is C14H17NOS2.